The van der Waals surface area contributed by atoms with Gasteiger partial charge in [-0.05, 0) is 40.2 Å². The Labute approximate surface area is 104 Å². The maximum absolute atomic E-state index is 11.0. The molecule has 0 bridgehead atoms. The van der Waals surface area contributed by atoms with E-state index in [1.54, 1.807) is 0 Å². The number of aliphatic hydroxyl groups is 1. The highest BCUT2D eigenvalue weighted by Crippen LogP contribution is 2.50. The van der Waals surface area contributed by atoms with Gasteiger partial charge in [-0.1, -0.05) is 29.8 Å². The molecule has 1 aliphatic rings. The number of rotatable bonds is 1. The molecule has 0 aliphatic carbocycles. The van der Waals surface area contributed by atoms with Crippen molar-refractivity contribution < 1.29 is 9.84 Å². The van der Waals surface area contributed by atoms with Crippen LogP contribution >= 0.6 is 0 Å². The quantitative estimate of drug-likeness (QED) is 0.808. The molecule has 1 heterocycles. The van der Waals surface area contributed by atoms with Gasteiger partial charge in [-0.3, -0.25) is 0 Å². The minimum atomic E-state index is -0.914. The second-order valence-corrected chi connectivity index (χ2v) is 6.28. The standard InChI is InChI=1S/C15H22O2/c1-11-7-6-8-12(9-11)15(16)10-13(2,3)17-14(15,4)5/h6-9,16H,10H2,1-5H3. The van der Waals surface area contributed by atoms with Gasteiger partial charge >= 0.3 is 0 Å². The highest BCUT2D eigenvalue weighted by atomic mass is 16.5. The molecule has 0 radical (unpaired) electrons. The van der Waals surface area contributed by atoms with Crippen LogP contribution in [0.4, 0.5) is 0 Å². The third kappa shape index (κ3) is 2.00. The number of aryl methyl sites for hydroxylation is 1. The van der Waals surface area contributed by atoms with Crippen LogP contribution in [0.15, 0.2) is 24.3 Å². The van der Waals surface area contributed by atoms with E-state index in [2.05, 4.69) is 0 Å². The monoisotopic (exact) mass is 234 g/mol. The summed E-state index contributed by atoms with van der Waals surface area (Å²) >= 11 is 0. The van der Waals surface area contributed by atoms with Crippen LogP contribution < -0.4 is 0 Å². The van der Waals surface area contributed by atoms with Gasteiger partial charge in [0.05, 0.1) is 11.2 Å². The smallest absolute Gasteiger partial charge is 0.121 e. The van der Waals surface area contributed by atoms with Crippen molar-refractivity contribution in [3.05, 3.63) is 35.4 Å². The Hall–Kier alpha value is -0.860. The molecule has 1 atom stereocenters. The van der Waals surface area contributed by atoms with Crippen LogP contribution in [-0.4, -0.2) is 16.3 Å². The van der Waals surface area contributed by atoms with Crippen molar-refractivity contribution in [3.8, 4) is 0 Å². The third-order valence-electron chi connectivity index (χ3n) is 3.70. The molecule has 1 aromatic carbocycles. The predicted octanol–water partition coefficient (Wildman–Crippen LogP) is 3.16. The minimum absolute atomic E-state index is 0.290. The maximum atomic E-state index is 11.0. The zero-order chi connectivity index (χ0) is 12.9. The molecule has 1 unspecified atom stereocenters. The second kappa shape index (κ2) is 3.56. The molecule has 2 rings (SSSR count). The summed E-state index contributed by atoms with van der Waals surface area (Å²) in [5.41, 5.74) is 0.346. The zero-order valence-corrected chi connectivity index (χ0v) is 11.4. The lowest BCUT2D eigenvalue weighted by atomic mass is 9.77. The Morgan fingerprint density at radius 2 is 1.82 bits per heavy atom. The van der Waals surface area contributed by atoms with Gasteiger partial charge in [-0.25, -0.2) is 0 Å². The highest BCUT2D eigenvalue weighted by Gasteiger charge is 2.57. The lowest BCUT2D eigenvalue weighted by molar-refractivity contribution is -0.129. The molecule has 1 aromatic rings. The predicted molar refractivity (Wildman–Crippen MR) is 68.9 cm³/mol. The van der Waals surface area contributed by atoms with Gasteiger partial charge in [0.2, 0.25) is 0 Å². The fourth-order valence-electron chi connectivity index (χ4n) is 2.99. The molecule has 2 nitrogen and oxygen atoms in total. The van der Waals surface area contributed by atoms with Gasteiger partial charge < -0.3 is 9.84 Å². The second-order valence-electron chi connectivity index (χ2n) is 6.28. The average molecular weight is 234 g/mol. The summed E-state index contributed by atoms with van der Waals surface area (Å²) in [6.45, 7) is 10.0. The first kappa shape index (κ1) is 12.6. The van der Waals surface area contributed by atoms with Crippen LogP contribution in [0.1, 0.15) is 45.2 Å². The molecule has 0 saturated carbocycles. The molecule has 94 valence electrons. The van der Waals surface area contributed by atoms with Gasteiger partial charge in [0.15, 0.2) is 0 Å². The van der Waals surface area contributed by atoms with Crippen LogP contribution in [0, 0.1) is 6.92 Å². The summed E-state index contributed by atoms with van der Waals surface area (Å²) in [6.07, 6.45) is 0.621. The molecule has 2 heteroatoms. The topological polar surface area (TPSA) is 29.5 Å². The molecule has 0 aromatic heterocycles. The minimum Gasteiger partial charge on any atom is -0.382 e. The summed E-state index contributed by atoms with van der Waals surface area (Å²) < 4.78 is 6.00. The fourth-order valence-corrected chi connectivity index (χ4v) is 2.99. The Morgan fingerprint density at radius 1 is 1.18 bits per heavy atom. The molecular weight excluding hydrogens is 212 g/mol. The number of hydrogen-bond donors (Lipinski definition) is 1. The third-order valence-corrected chi connectivity index (χ3v) is 3.70. The summed E-state index contributed by atoms with van der Waals surface area (Å²) in [7, 11) is 0. The lowest BCUT2D eigenvalue weighted by Gasteiger charge is -2.35. The summed E-state index contributed by atoms with van der Waals surface area (Å²) in [5.74, 6) is 0. The summed E-state index contributed by atoms with van der Waals surface area (Å²) in [5, 5.41) is 11.0. The first-order valence-corrected chi connectivity index (χ1v) is 6.16. The van der Waals surface area contributed by atoms with Crippen LogP contribution in [0.25, 0.3) is 0 Å². The highest BCUT2D eigenvalue weighted by molar-refractivity contribution is 5.32. The van der Waals surface area contributed by atoms with Crippen molar-refractivity contribution in [2.45, 2.75) is 57.8 Å². The van der Waals surface area contributed by atoms with Gasteiger partial charge in [-0.15, -0.1) is 0 Å². The molecule has 1 aliphatic heterocycles. The van der Waals surface area contributed by atoms with Crippen molar-refractivity contribution in [2.75, 3.05) is 0 Å². The number of benzene rings is 1. The van der Waals surface area contributed by atoms with Crippen molar-refractivity contribution >= 4 is 0 Å². The zero-order valence-electron chi connectivity index (χ0n) is 11.4. The van der Waals surface area contributed by atoms with Gasteiger partial charge in [0.1, 0.15) is 5.60 Å². The van der Waals surface area contributed by atoms with Crippen LogP contribution in [0.2, 0.25) is 0 Å². The van der Waals surface area contributed by atoms with E-state index < -0.39 is 11.2 Å². The van der Waals surface area contributed by atoms with E-state index >= 15 is 0 Å². The van der Waals surface area contributed by atoms with E-state index in [4.69, 9.17) is 4.74 Å². The van der Waals surface area contributed by atoms with Crippen LogP contribution in [0.3, 0.4) is 0 Å². The van der Waals surface area contributed by atoms with Gasteiger partial charge in [0, 0.05) is 6.42 Å². The van der Waals surface area contributed by atoms with Crippen LogP contribution in [0.5, 0.6) is 0 Å². The Morgan fingerprint density at radius 3 is 2.29 bits per heavy atom. The van der Waals surface area contributed by atoms with E-state index in [-0.39, 0.29) is 5.60 Å². The molecule has 1 fully saturated rings. The first-order valence-electron chi connectivity index (χ1n) is 6.16. The van der Waals surface area contributed by atoms with Crippen LogP contribution in [-0.2, 0) is 10.3 Å². The van der Waals surface area contributed by atoms with Gasteiger partial charge in [-0.2, -0.15) is 0 Å². The van der Waals surface area contributed by atoms with E-state index in [1.165, 1.54) is 0 Å². The fraction of sp³-hybridized carbons (Fsp3) is 0.600. The average Bonchev–Trinajstić information content (AvgIpc) is 2.31. The molecule has 0 spiro atoms. The molecular formula is C15H22O2. The first-order chi connectivity index (χ1) is 7.66. The Kier molecular flexibility index (Phi) is 2.64. The SMILES string of the molecule is Cc1cccc(C2(O)CC(C)(C)OC2(C)C)c1. The van der Waals surface area contributed by atoms with Crippen molar-refractivity contribution in [1.82, 2.24) is 0 Å². The lowest BCUT2D eigenvalue weighted by Crippen LogP contribution is -2.43. The normalized spacial score (nSPS) is 30.5. The molecule has 1 saturated heterocycles. The van der Waals surface area contributed by atoms with Crippen molar-refractivity contribution in [3.63, 3.8) is 0 Å². The van der Waals surface area contributed by atoms with E-state index in [9.17, 15) is 5.11 Å². The largest absolute Gasteiger partial charge is 0.382 e. The van der Waals surface area contributed by atoms with Crippen molar-refractivity contribution in [2.24, 2.45) is 0 Å². The van der Waals surface area contributed by atoms with Crippen molar-refractivity contribution in [1.29, 1.82) is 0 Å². The Balaban J connectivity index is 2.49. The van der Waals surface area contributed by atoms with E-state index in [1.807, 2.05) is 58.9 Å². The molecule has 1 N–H and O–H groups in total. The summed E-state index contributed by atoms with van der Waals surface area (Å²) in [4.78, 5) is 0. The van der Waals surface area contributed by atoms with Gasteiger partial charge in [0.25, 0.3) is 0 Å². The maximum Gasteiger partial charge on any atom is 0.121 e. The Bertz CT molecular complexity index is 434. The number of ether oxygens (including phenoxy) is 1. The number of hydrogen-bond acceptors (Lipinski definition) is 2. The summed E-state index contributed by atoms with van der Waals surface area (Å²) in [6, 6.07) is 8.07. The van der Waals surface area contributed by atoms with E-state index in [0.717, 1.165) is 11.1 Å². The molecule has 0 amide bonds. The van der Waals surface area contributed by atoms with E-state index in [0.29, 0.717) is 6.42 Å². The molecule has 17 heavy (non-hydrogen) atoms.